The molecule has 0 bridgehead atoms. The van der Waals surface area contributed by atoms with E-state index in [2.05, 4.69) is 10.3 Å². The van der Waals surface area contributed by atoms with Crippen LogP contribution in [0.3, 0.4) is 0 Å². The Hall–Kier alpha value is -2.95. The van der Waals surface area contributed by atoms with Crippen LogP contribution < -0.4 is 5.32 Å². The molecule has 0 aliphatic rings. The van der Waals surface area contributed by atoms with Gasteiger partial charge in [0.25, 0.3) is 0 Å². The second-order valence-electron chi connectivity index (χ2n) is 5.32. The summed E-state index contributed by atoms with van der Waals surface area (Å²) in [5.41, 5.74) is 1.65. The summed E-state index contributed by atoms with van der Waals surface area (Å²) < 4.78 is 1.95. The number of carbonyl (C=O) groups excluding carboxylic acids is 2. The molecule has 0 radical (unpaired) electrons. The van der Waals surface area contributed by atoms with Crippen molar-refractivity contribution in [2.24, 2.45) is 0 Å². The Morgan fingerprint density at radius 3 is 2.65 bits per heavy atom. The van der Waals surface area contributed by atoms with E-state index in [1.807, 2.05) is 41.1 Å². The standard InChI is InChI=1S/C18H17N3O2/c1-13(22)15-12-21(16-7-3-2-6-14(15)16)11-9-18(23)20-17-8-4-5-10-19-17/h2-8,10,12H,9,11H2,1H3,(H,19,20,23). The average Bonchev–Trinajstić information content (AvgIpc) is 2.93. The number of benzene rings is 1. The monoisotopic (exact) mass is 307 g/mol. The van der Waals surface area contributed by atoms with E-state index in [9.17, 15) is 9.59 Å². The molecule has 0 fully saturated rings. The normalized spacial score (nSPS) is 10.7. The van der Waals surface area contributed by atoms with Gasteiger partial charge in [-0.3, -0.25) is 9.59 Å². The molecule has 2 heterocycles. The lowest BCUT2D eigenvalue weighted by Gasteiger charge is -2.06. The molecule has 1 amide bonds. The van der Waals surface area contributed by atoms with Gasteiger partial charge in [-0.15, -0.1) is 0 Å². The highest BCUT2D eigenvalue weighted by Crippen LogP contribution is 2.22. The summed E-state index contributed by atoms with van der Waals surface area (Å²) in [7, 11) is 0. The minimum absolute atomic E-state index is 0.0258. The molecule has 0 saturated carbocycles. The first-order chi connectivity index (χ1) is 11.1. The maximum Gasteiger partial charge on any atom is 0.227 e. The summed E-state index contributed by atoms with van der Waals surface area (Å²) >= 11 is 0. The number of aryl methyl sites for hydroxylation is 1. The molecular formula is C18H17N3O2. The van der Waals surface area contributed by atoms with E-state index in [-0.39, 0.29) is 11.7 Å². The van der Waals surface area contributed by atoms with E-state index in [0.717, 1.165) is 10.9 Å². The van der Waals surface area contributed by atoms with Gasteiger partial charge in [0.15, 0.2) is 5.78 Å². The van der Waals surface area contributed by atoms with Gasteiger partial charge in [-0.25, -0.2) is 4.98 Å². The van der Waals surface area contributed by atoms with Gasteiger partial charge >= 0.3 is 0 Å². The zero-order valence-corrected chi connectivity index (χ0v) is 12.8. The molecule has 0 aliphatic heterocycles. The van der Waals surface area contributed by atoms with Gasteiger partial charge < -0.3 is 9.88 Å². The fourth-order valence-electron chi connectivity index (χ4n) is 2.58. The molecular weight excluding hydrogens is 290 g/mol. The number of ketones is 1. The molecule has 0 saturated heterocycles. The zero-order valence-electron chi connectivity index (χ0n) is 12.8. The second kappa shape index (κ2) is 6.44. The third-order valence-electron chi connectivity index (χ3n) is 3.68. The fraction of sp³-hybridized carbons (Fsp3) is 0.167. The summed E-state index contributed by atoms with van der Waals surface area (Å²) in [6, 6.07) is 13.1. The van der Waals surface area contributed by atoms with E-state index < -0.39 is 0 Å². The van der Waals surface area contributed by atoms with E-state index in [4.69, 9.17) is 0 Å². The fourth-order valence-corrected chi connectivity index (χ4v) is 2.58. The Morgan fingerprint density at radius 2 is 1.91 bits per heavy atom. The molecule has 0 spiro atoms. The number of fused-ring (bicyclic) bond motifs is 1. The first-order valence-corrected chi connectivity index (χ1v) is 7.45. The Morgan fingerprint density at radius 1 is 1.13 bits per heavy atom. The highest BCUT2D eigenvalue weighted by molar-refractivity contribution is 6.07. The zero-order chi connectivity index (χ0) is 16.2. The van der Waals surface area contributed by atoms with Crippen molar-refractivity contribution < 1.29 is 9.59 Å². The molecule has 1 N–H and O–H groups in total. The van der Waals surface area contributed by atoms with Crippen LogP contribution in [0.2, 0.25) is 0 Å². The van der Waals surface area contributed by atoms with Crippen LogP contribution in [-0.2, 0) is 11.3 Å². The van der Waals surface area contributed by atoms with Crippen molar-refractivity contribution in [2.75, 3.05) is 5.32 Å². The molecule has 5 heteroatoms. The van der Waals surface area contributed by atoms with Crippen molar-refractivity contribution in [1.29, 1.82) is 0 Å². The average molecular weight is 307 g/mol. The minimum atomic E-state index is -0.106. The second-order valence-corrected chi connectivity index (χ2v) is 5.32. The van der Waals surface area contributed by atoms with Crippen LogP contribution in [0.25, 0.3) is 10.9 Å². The number of carbonyl (C=O) groups is 2. The third-order valence-corrected chi connectivity index (χ3v) is 3.68. The van der Waals surface area contributed by atoms with Crippen LogP contribution in [0, 0.1) is 0 Å². The van der Waals surface area contributed by atoms with E-state index >= 15 is 0 Å². The number of nitrogens with one attached hydrogen (secondary N) is 1. The maximum absolute atomic E-state index is 12.0. The predicted octanol–water partition coefficient (Wildman–Crippen LogP) is 3.27. The minimum Gasteiger partial charge on any atom is -0.346 e. The number of hydrogen-bond donors (Lipinski definition) is 1. The predicted molar refractivity (Wildman–Crippen MR) is 89.4 cm³/mol. The van der Waals surface area contributed by atoms with E-state index in [1.54, 1.807) is 25.3 Å². The quantitative estimate of drug-likeness (QED) is 0.736. The van der Waals surface area contributed by atoms with Gasteiger partial charge in [-0.1, -0.05) is 24.3 Å². The molecule has 0 unspecified atom stereocenters. The lowest BCUT2D eigenvalue weighted by atomic mass is 10.1. The van der Waals surface area contributed by atoms with Crippen molar-refractivity contribution in [2.45, 2.75) is 19.9 Å². The van der Waals surface area contributed by atoms with Crippen LogP contribution >= 0.6 is 0 Å². The number of nitrogens with zero attached hydrogens (tertiary/aromatic N) is 2. The van der Waals surface area contributed by atoms with Gasteiger partial charge in [0.1, 0.15) is 5.82 Å². The summed E-state index contributed by atoms with van der Waals surface area (Å²) in [5.74, 6) is 0.461. The number of hydrogen-bond acceptors (Lipinski definition) is 3. The van der Waals surface area contributed by atoms with Crippen molar-refractivity contribution >= 4 is 28.4 Å². The summed E-state index contributed by atoms with van der Waals surface area (Å²) in [6.45, 7) is 2.06. The summed E-state index contributed by atoms with van der Waals surface area (Å²) in [4.78, 5) is 27.8. The molecule has 0 aliphatic carbocycles. The van der Waals surface area contributed by atoms with Gasteiger partial charge in [-0.05, 0) is 25.1 Å². The number of rotatable bonds is 5. The van der Waals surface area contributed by atoms with Crippen molar-refractivity contribution in [3.05, 3.63) is 60.4 Å². The van der Waals surface area contributed by atoms with Crippen molar-refractivity contribution in [3.63, 3.8) is 0 Å². The van der Waals surface area contributed by atoms with Crippen LogP contribution in [0.15, 0.2) is 54.9 Å². The molecule has 0 atom stereocenters. The first kappa shape index (κ1) is 15.0. The first-order valence-electron chi connectivity index (χ1n) is 7.45. The van der Waals surface area contributed by atoms with Crippen LogP contribution in [0.1, 0.15) is 23.7 Å². The molecule has 1 aromatic carbocycles. The van der Waals surface area contributed by atoms with Crippen molar-refractivity contribution in [1.82, 2.24) is 9.55 Å². The van der Waals surface area contributed by atoms with Crippen LogP contribution in [0.4, 0.5) is 5.82 Å². The van der Waals surface area contributed by atoms with E-state index in [0.29, 0.717) is 24.3 Å². The topological polar surface area (TPSA) is 64.0 Å². The molecule has 5 nitrogen and oxygen atoms in total. The van der Waals surface area contributed by atoms with Gasteiger partial charge in [0.05, 0.1) is 0 Å². The van der Waals surface area contributed by atoms with Gasteiger partial charge in [0, 0.05) is 41.8 Å². The molecule has 3 rings (SSSR count). The Bertz CT molecular complexity index is 853. The Labute approximate surface area is 134 Å². The number of para-hydroxylation sites is 1. The van der Waals surface area contributed by atoms with Crippen LogP contribution in [0.5, 0.6) is 0 Å². The summed E-state index contributed by atoms with van der Waals surface area (Å²) in [6.07, 6.45) is 3.77. The van der Waals surface area contributed by atoms with E-state index in [1.165, 1.54) is 0 Å². The number of amides is 1. The molecule has 3 aromatic rings. The molecule has 23 heavy (non-hydrogen) atoms. The van der Waals surface area contributed by atoms with Crippen LogP contribution in [-0.4, -0.2) is 21.2 Å². The smallest absolute Gasteiger partial charge is 0.227 e. The Balaban J connectivity index is 1.74. The molecule has 116 valence electrons. The largest absolute Gasteiger partial charge is 0.346 e. The lowest BCUT2D eigenvalue weighted by Crippen LogP contribution is -2.14. The number of Topliss-reactive ketones (excluding diaryl/α,β-unsaturated/α-hetero) is 1. The lowest BCUT2D eigenvalue weighted by molar-refractivity contribution is -0.116. The number of anilines is 1. The Kier molecular flexibility index (Phi) is 4.19. The summed E-state index contributed by atoms with van der Waals surface area (Å²) in [5, 5.41) is 3.68. The third kappa shape index (κ3) is 3.29. The SMILES string of the molecule is CC(=O)c1cn(CCC(=O)Nc2ccccn2)c2ccccc12. The maximum atomic E-state index is 12.0. The highest BCUT2D eigenvalue weighted by Gasteiger charge is 2.12. The molecule has 2 aromatic heterocycles. The van der Waals surface area contributed by atoms with Crippen molar-refractivity contribution in [3.8, 4) is 0 Å². The highest BCUT2D eigenvalue weighted by atomic mass is 16.1. The number of pyridine rings is 1. The van der Waals surface area contributed by atoms with Gasteiger partial charge in [0.2, 0.25) is 5.91 Å². The number of aromatic nitrogens is 2. The van der Waals surface area contributed by atoms with Gasteiger partial charge in [-0.2, -0.15) is 0 Å².